The largest absolute Gasteiger partial charge is 0.294 e. The number of rotatable bonds is 7. The molecule has 0 fully saturated rings. The summed E-state index contributed by atoms with van der Waals surface area (Å²) in [6.45, 7) is 0.358. The Balaban J connectivity index is 1.52. The summed E-state index contributed by atoms with van der Waals surface area (Å²) in [7, 11) is -3.43. The lowest BCUT2D eigenvalue weighted by Gasteiger charge is -2.05. The Morgan fingerprint density at radius 1 is 1.12 bits per heavy atom. The van der Waals surface area contributed by atoms with E-state index < -0.39 is 10.0 Å². The van der Waals surface area contributed by atoms with Crippen LogP contribution in [0.25, 0.3) is 11.7 Å². The molecule has 5 nitrogen and oxygen atoms in total. The number of aromatic nitrogens is 2. The van der Waals surface area contributed by atoms with Crippen LogP contribution < -0.4 is 4.72 Å². The number of fused-ring (bicyclic) bond motifs is 1. The summed E-state index contributed by atoms with van der Waals surface area (Å²) in [4.78, 5) is 4.23. The van der Waals surface area contributed by atoms with Crippen LogP contribution in [0.3, 0.4) is 0 Å². The predicted molar refractivity (Wildman–Crippen MR) is 98.3 cm³/mol. The molecule has 3 aromatic rings. The van der Waals surface area contributed by atoms with Gasteiger partial charge in [0.15, 0.2) is 0 Å². The van der Waals surface area contributed by atoms with E-state index in [1.165, 1.54) is 5.41 Å². The van der Waals surface area contributed by atoms with Crippen molar-refractivity contribution in [3.8, 4) is 0 Å². The van der Waals surface area contributed by atoms with Crippen LogP contribution in [0.15, 0.2) is 71.4 Å². The molecular weight excluding hydrogens is 342 g/mol. The number of hydrogen-bond acceptors (Lipinski definition) is 4. The Hall–Kier alpha value is -2.09. The van der Waals surface area contributed by atoms with E-state index in [9.17, 15) is 8.42 Å². The van der Waals surface area contributed by atoms with Crippen LogP contribution in [0.5, 0.6) is 0 Å². The van der Waals surface area contributed by atoms with Gasteiger partial charge in [0.1, 0.15) is 5.65 Å². The molecule has 7 heteroatoms. The molecule has 0 atom stereocenters. The molecule has 2 aromatic heterocycles. The van der Waals surface area contributed by atoms with Crippen molar-refractivity contribution in [1.82, 2.24) is 14.1 Å². The number of nitrogens with zero attached hydrogens (tertiary/aromatic N) is 2. The first kappa shape index (κ1) is 16.8. The molecule has 24 heavy (non-hydrogen) atoms. The van der Waals surface area contributed by atoms with Gasteiger partial charge in [-0.15, -0.1) is 11.8 Å². The minimum Gasteiger partial charge on any atom is -0.294 e. The maximum absolute atomic E-state index is 12.0. The Kier molecular flexibility index (Phi) is 5.34. The molecule has 1 N–H and O–H groups in total. The molecule has 0 saturated heterocycles. The van der Waals surface area contributed by atoms with Gasteiger partial charge in [0.2, 0.25) is 10.0 Å². The quantitative estimate of drug-likeness (QED) is 0.520. The molecule has 0 radical (unpaired) electrons. The monoisotopic (exact) mass is 359 g/mol. The lowest BCUT2D eigenvalue weighted by atomic mass is 10.2. The zero-order valence-corrected chi connectivity index (χ0v) is 14.5. The molecular formula is C17H17N3O2S2. The highest BCUT2D eigenvalue weighted by atomic mass is 32.2. The first-order chi connectivity index (χ1) is 11.6. The van der Waals surface area contributed by atoms with Crippen LogP contribution in [0.2, 0.25) is 0 Å². The lowest BCUT2D eigenvalue weighted by Crippen LogP contribution is -2.23. The predicted octanol–water partition coefficient (Wildman–Crippen LogP) is 3.02. The van der Waals surface area contributed by atoms with E-state index in [0.29, 0.717) is 12.3 Å². The SMILES string of the molecule is O=S(=O)(/C=C/c1ccccc1)NCCSc1cccc2nccn12. The second kappa shape index (κ2) is 7.65. The fourth-order valence-electron chi connectivity index (χ4n) is 2.16. The molecule has 0 bridgehead atoms. The normalized spacial score (nSPS) is 12.2. The standard InChI is InChI=1S/C17H17N3O2S2/c21-24(22,14-9-15-5-2-1-3-6-15)19-11-13-23-17-8-4-7-16-18-10-12-20(16)17/h1-10,12,14,19H,11,13H2/b14-9+. The zero-order valence-electron chi connectivity index (χ0n) is 12.9. The van der Waals surface area contributed by atoms with Crippen LogP contribution in [-0.2, 0) is 10.0 Å². The second-order valence-electron chi connectivity index (χ2n) is 5.02. The maximum Gasteiger partial charge on any atom is 0.233 e. The van der Waals surface area contributed by atoms with Crippen LogP contribution in [0, 0.1) is 0 Å². The third-order valence-electron chi connectivity index (χ3n) is 3.29. The van der Waals surface area contributed by atoms with Gasteiger partial charge < -0.3 is 0 Å². The fourth-order valence-corrected chi connectivity index (χ4v) is 3.99. The molecule has 0 aliphatic rings. The Morgan fingerprint density at radius 2 is 1.96 bits per heavy atom. The van der Waals surface area contributed by atoms with Gasteiger partial charge in [-0.2, -0.15) is 0 Å². The minimum absolute atomic E-state index is 0.358. The van der Waals surface area contributed by atoms with E-state index in [1.54, 1.807) is 24.0 Å². The topological polar surface area (TPSA) is 63.5 Å². The molecule has 0 spiro atoms. The summed E-state index contributed by atoms with van der Waals surface area (Å²) in [5.74, 6) is 0.635. The highest BCUT2D eigenvalue weighted by Crippen LogP contribution is 2.18. The van der Waals surface area contributed by atoms with Gasteiger partial charge in [-0.25, -0.2) is 18.1 Å². The summed E-state index contributed by atoms with van der Waals surface area (Å²) in [5, 5.41) is 2.23. The fraction of sp³-hybridized carbons (Fsp3) is 0.118. The zero-order chi connectivity index (χ0) is 16.8. The molecule has 0 unspecified atom stereocenters. The van der Waals surface area contributed by atoms with Crippen molar-refractivity contribution in [1.29, 1.82) is 0 Å². The summed E-state index contributed by atoms with van der Waals surface area (Å²) in [6.07, 6.45) is 5.22. The van der Waals surface area contributed by atoms with Crippen molar-refractivity contribution in [3.05, 3.63) is 71.9 Å². The van der Waals surface area contributed by atoms with Crippen molar-refractivity contribution in [3.63, 3.8) is 0 Å². The van der Waals surface area contributed by atoms with E-state index in [1.807, 2.05) is 59.1 Å². The first-order valence-corrected chi connectivity index (χ1v) is 9.95. The molecule has 0 amide bonds. The van der Waals surface area contributed by atoms with E-state index >= 15 is 0 Å². The minimum atomic E-state index is -3.43. The average molecular weight is 359 g/mol. The van der Waals surface area contributed by atoms with Crippen molar-refractivity contribution in [2.45, 2.75) is 5.03 Å². The van der Waals surface area contributed by atoms with E-state index in [0.717, 1.165) is 16.2 Å². The molecule has 2 heterocycles. The van der Waals surface area contributed by atoms with Crippen LogP contribution in [0.1, 0.15) is 5.56 Å². The molecule has 0 aliphatic carbocycles. The second-order valence-corrected chi connectivity index (χ2v) is 7.79. The molecule has 124 valence electrons. The van der Waals surface area contributed by atoms with E-state index in [2.05, 4.69) is 9.71 Å². The summed E-state index contributed by atoms with van der Waals surface area (Å²) < 4.78 is 28.5. The highest BCUT2D eigenvalue weighted by Gasteiger charge is 2.05. The molecule has 0 aliphatic heterocycles. The van der Waals surface area contributed by atoms with Crippen molar-refractivity contribution >= 4 is 33.5 Å². The summed E-state index contributed by atoms with van der Waals surface area (Å²) in [6, 6.07) is 15.2. The smallest absolute Gasteiger partial charge is 0.233 e. The molecule has 3 rings (SSSR count). The third kappa shape index (κ3) is 4.47. The number of thioether (sulfide) groups is 1. The number of benzene rings is 1. The van der Waals surface area contributed by atoms with Gasteiger partial charge in [0.25, 0.3) is 0 Å². The summed E-state index contributed by atoms with van der Waals surface area (Å²) >= 11 is 1.58. The van der Waals surface area contributed by atoms with Gasteiger partial charge >= 0.3 is 0 Å². The summed E-state index contributed by atoms with van der Waals surface area (Å²) in [5.41, 5.74) is 1.73. The molecule has 1 aromatic carbocycles. The first-order valence-electron chi connectivity index (χ1n) is 7.42. The van der Waals surface area contributed by atoms with E-state index in [4.69, 9.17) is 0 Å². The van der Waals surface area contributed by atoms with Crippen LogP contribution in [0.4, 0.5) is 0 Å². The van der Waals surface area contributed by atoms with Crippen molar-refractivity contribution in [2.75, 3.05) is 12.3 Å². The van der Waals surface area contributed by atoms with Crippen molar-refractivity contribution < 1.29 is 8.42 Å². The van der Waals surface area contributed by atoms with Gasteiger partial charge in [-0.3, -0.25) is 4.40 Å². The number of hydrogen-bond donors (Lipinski definition) is 1. The Bertz CT molecular complexity index is 935. The Morgan fingerprint density at radius 3 is 2.79 bits per heavy atom. The van der Waals surface area contributed by atoms with Crippen LogP contribution >= 0.6 is 11.8 Å². The Labute approximate surface area is 145 Å². The number of nitrogens with one attached hydrogen (secondary N) is 1. The van der Waals surface area contributed by atoms with Gasteiger partial charge in [-0.1, -0.05) is 36.4 Å². The highest BCUT2D eigenvalue weighted by molar-refractivity contribution is 7.99. The number of pyridine rings is 1. The lowest BCUT2D eigenvalue weighted by molar-refractivity contribution is 0.593. The molecule has 0 saturated carbocycles. The number of sulfonamides is 1. The number of imidazole rings is 1. The average Bonchev–Trinajstić information content (AvgIpc) is 3.07. The van der Waals surface area contributed by atoms with Gasteiger partial charge in [-0.05, 0) is 23.8 Å². The van der Waals surface area contributed by atoms with Gasteiger partial charge in [0, 0.05) is 30.1 Å². The maximum atomic E-state index is 12.0. The van der Waals surface area contributed by atoms with Crippen LogP contribution in [-0.4, -0.2) is 30.1 Å². The van der Waals surface area contributed by atoms with Crippen molar-refractivity contribution in [2.24, 2.45) is 0 Å². The van der Waals surface area contributed by atoms with E-state index in [-0.39, 0.29) is 0 Å². The third-order valence-corrected chi connectivity index (χ3v) is 5.42. The van der Waals surface area contributed by atoms with Gasteiger partial charge in [0.05, 0.1) is 5.03 Å².